The van der Waals surface area contributed by atoms with E-state index in [-0.39, 0.29) is 17.9 Å². The van der Waals surface area contributed by atoms with Crippen LogP contribution in [0.3, 0.4) is 0 Å². The van der Waals surface area contributed by atoms with E-state index in [4.69, 9.17) is 5.11 Å². The Morgan fingerprint density at radius 1 is 1.20 bits per heavy atom. The Kier molecular flexibility index (Phi) is 5.16. The highest BCUT2D eigenvalue weighted by atomic mass is 16.4. The molecule has 1 aliphatic rings. The fraction of sp³-hybridized carbons (Fsp3) is 0.500. The van der Waals surface area contributed by atoms with Crippen LogP contribution in [0.1, 0.15) is 37.7 Å². The normalized spacial score (nSPS) is 21.6. The van der Waals surface area contributed by atoms with Gasteiger partial charge in [0, 0.05) is 12.5 Å². The summed E-state index contributed by atoms with van der Waals surface area (Å²) in [6, 6.07) is 10.1. The lowest BCUT2D eigenvalue weighted by atomic mass is 10.1. The largest absolute Gasteiger partial charge is 0.481 e. The average Bonchev–Trinajstić information content (AvgIpc) is 2.88. The third kappa shape index (κ3) is 4.37. The highest BCUT2D eigenvalue weighted by Gasteiger charge is 2.30. The summed E-state index contributed by atoms with van der Waals surface area (Å²) in [4.78, 5) is 22.7. The number of aliphatic carboxylic acids is 1. The molecule has 0 saturated heterocycles. The number of aryl methyl sites for hydroxylation is 1. The van der Waals surface area contributed by atoms with Gasteiger partial charge in [0.25, 0.3) is 0 Å². The molecular weight excluding hydrogens is 254 g/mol. The van der Waals surface area contributed by atoms with Crippen molar-refractivity contribution in [1.29, 1.82) is 0 Å². The summed E-state index contributed by atoms with van der Waals surface area (Å²) in [5.74, 6) is -0.993. The third-order valence-corrected chi connectivity index (χ3v) is 3.86. The summed E-state index contributed by atoms with van der Waals surface area (Å²) in [6.07, 6.45) is 4.25. The van der Waals surface area contributed by atoms with Gasteiger partial charge in [-0.1, -0.05) is 30.3 Å². The maximum Gasteiger partial charge on any atom is 0.306 e. The average molecular weight is 275 g/mol. The number of carboxylic acid groups (broad SMARTS) is 1. The molecule has 2 rings (SSSR count). The van der Waals surface area contributed by atoms with Gasteiger partial charge < -0.3 is 10.4 Å². The highest BCUT2D eigenvalue weighted by Crippen LogP contribution is 2.25. The molecule has 1 aliphatic carbocycles. The number of benzene rings is 1. The van der Waals surface area contributed by atoms with E-state index >= 15 is 0 Å². The van der Waals surface area contributed by atoms with Crippen molar-refractivity contribution < 1.29 is 14.7 Å². The molecule has 1 aromatic carbocycles. The third-order valence-electron chi connectivity index (χ3n) is 3.86. The van der Waals surface area contributed by atoms with Gasteiger partial charge in [-0.2, -0.15) is 0 Å². The van der Waals surface area contributed by atoms with E-state index in [9.17, 15) is 9.59 Å². The zero-order chi connectivity index (χ0) is 14.4. The van der Waals surface area contributed by atoms with Crippen molar-refractivity contribution in [1.82, 2.24) is 5.32 Å². The molecule has 1 aromatic rings. The van der Waals surface area contributed by atoms with Crippen LogP contribution in [-0.4, -0.2) is 23.0 Å². The lowest BCUT2D eigenvalue weighted by molar-refractivity contribution is -0.141. The molecule has 0 aromatic heterocycles. The molecule has 0 spiro atoms. The second kappa shape index (κ2) is 7.08. The van der Waals surface area contributed by atoms with E-state index in [1.807, 2.05) is 18.2 Å². The Hall–Kier alpha value is -1.84. The maximum atomic E-state index is 11.8. The van der Waals surface area contributed by atoms with E-state index < -0.39 is 5.97 Å². The minimum atomic E-state index is -0.745. The Morgan fingerprint density at radius 3 is 2.60 bits per heavy atom. The number of amides is 1. The first kappa shape index (κ1) is 14.6. The van der Waals surface area contributed by atoms with Crippen LogP contribution >= 0.6 is 0 Å². The Balaban J connectivity index is 1.65. The molecule has 1 fully saturated rings. The predicted octanol–water partition coefficient (Wildman–Crippen LogP) is 2.38. The summed E-state index contributed by atoms with van der Waals surface area (Å²) in [6.45, 7) is 0. The van der Waals surface area contributed by atoms with Crippen LogP contribution in [-0.2, 0) is 16.0 Å². The van der Waals surface area contributed by atoms with E-state index in [0.29, 0.717) is 19.3 Å². The van der Waals surface area contributed by atoms with Crippen molar-refractivity contribution in [2.45, 2.75) is 44.6 Å². The fourth-order valence-electron chi connectivity index (χ4n) is 2.73. The minimum absolute atomic E-state index is 0.0389. The number of carboxylic acids is 1. The van der Waals surface area contributed by atoms with Gasteiger partial charge in [-0.05, 0) is 37.7 Å². The van der Waals surface area contributed by atoms with Gasteiger partial charge in [-0.3, -0.25) is 9.59 Å². The van der Waals surface area contributed by atoms with Gasteiger partial charge in [0.05, 0.1) is 5.92 Å². The van der Waals surface area contributed by atoms with Crippen LogP contribution in [0.15, 0.2) is 30.3 Å². The lowest BCUT2D eigenvalue weighted by Crippen LogP contribution is -2.33. The van der Waals surface area contributed by atoms with E-state index in [1.54, 1.807) is 0 Å². The van der Waals surface area contributed by atoms with Crippen LogP contribution in [0.5, 0.6) is 0 Å². The van der Waals surface area contributed by atoms with E-state index in [2.05, 4.69) is 17.4 Å². The molecular formula is C16H21NO3. The Labute approximate surface area is 119 Å². The number of nitrogens with one attached hydrogen (secondary N) is 1. The topological polar surface area (TPSA) is 66.4 Å². The zero-order valence-electron chi connectivity index (χ0n) is 11.5. The highest BCUT2D eigenvalue weighted by molar-refractivity contribution is 5.76. The van der Waals surface area contributed by atoms with E-state index in [0.717, 1.165) is 19.3 Å². The molecule has 0 aliphatic heterocycles. The second-order valence-electron chi connectivity index (χ2n) is 5.45. The van der Waals surface area contributed by atoms with Gasteiger partial charge in [-0.25, -0.2) is 0 Å². The van der Waals surface area contributed by atoms with Gasteiger partial charge >= 0.3 is 5.97 Å². The Bertz CT molecular complexity index is 458. The summed E-state index contributed by atoms with van der Waals surface area (Å²) in [7, 11) is 0. The number of hydrogen-bond donors (Lipinski definition) is 2. The summed E-state index contributed by atoms with van der Waals surface area (Å²) < 4.78 is 0. The van der Waals surface area contributed by atoms with Crippen LogP contribution in [0, 0.1) is 5.92 Å². The second-order valence-corrected chi connectivity index (χ2v) is 5.45. The Morgan fingerprint density at radius 2 is 1.95 bits per heavy atom. The summed E-state index contributed by atoms with van der Waals surface area (Å²) in [5.41, 5.74) is 1.24. The van der Waals surface area contributed by atoms with Crippen molar-refractivity contribution in [3.8, 4) is 0 Å². The first-order valence-corrected chi connectivity index (χ1v) is 7.21. The first-order chi connectivity index (χ1) is 9.65. The molecule has 108 valence electrons. The van der Waals surface area contributed by atoms with Crippen molar-refractivity contribution >= 4 is 11.9 Å². The maximum absolute atomic E-state index is 11.8. The van der Waals surface area contributed by atoms with E-state index in [1.165, 1.54) is 5.56 Å². The molecule has 2 N–H and O–H groups in total. The quantitative estimate of drug-likeness (QED) is 0.837. The molecule has 4 nitrogen and oxygen atoms in total. The smallest absolute Gasteiger partial charge is 0.306 e. The van der Waals surface area contributed by atoms with Crippen LogP contribution < -0.4 is 5.32 Å². The van der Waals surface area contributed by atoms with Crippen LogP contribution in [0.25, 0.3) is 0 Å². The predicted molar refractivity (Wildman–Crippen MR) is 76.3 cm³/mol. The number of carbonyl (C=O) groups excluding carboxylic acids is 1. The summed E-state index contributed by atoms with van der Waals surface area (Å²) in [5, 5.41) is 11.9. The number of carbonyl (C=O) groups is 2. The minimum Gasteiger partial charge on any atom is -0.481 e. The number of hydrogen-bond acceptors (Lipinski definition) is 2. The lowest BCUT2D eigenvalue weighted by Gasteiger charge is -2.12. The molecule has 0 unspecified atom stereocenters. The van der Waals surface area contributed by atoms with Crippen LogP contribution in [0.2, 0.25) is 0 Å². The molecule has 0 heterocycles. The molecule has 2 atom stereocenters. The van der Waals surface area contributed by atoms with Gasteiger partial charge in [0.15, 0.2) is 0 Å². The fourth-order valence-corrected chi connectivity index (χ4v) is 2.73. The number of rotatable bonds is 6. The molecule has 1 amide bonds. The summed E-state index contributed by atoms with van der Waals surface area (Å²) >= 11 is 0. The monoisotopic (exact) mass is 275 g/mol. The molecule has 0 bridgehead atoms. The molecule has 0 radical (unpaired) electrons. The molecule has 4 heteroatoms. The van der Waals surface area contributed by atoms with Crippen molar-refractivity contribution in [2.75, 3.05) is 0 Å². The van der Waals surface area contributed by atoms with Crippen LogP contribution in [0.4, 0.5) is 0 Å². The molecule has 1 saturated carbocycles. The standard InChI is InChI=1S/C16H21NO3/c18-15(8-4-7-12-5-2-1-3-6-12)17-14-10-9-13(11-14)16(19)20/h1-3,5-6,13-14H,4,7-11H2,(H,17,18)(H,19,20)/t13-,14+/m1/s1. The first-order valence-electron chi connectivity index (χ1n) is 7.21. The molecule has 20 heavy (non-hydrogen) atoms. The zero-order valence-corrected chi connectivity index (χ0v) is 11.5. The van der Waals surface area contributed by atoms with Gasteiger partial charge in [-0.15, -0.1) is 0 Å². The van der Waals surface area contributed by atoms with Gasteiger partial charge in [0.1, 0.15) is 0 Å². The van der Waals surface area contributed by atoms with Crippen molar-refractivity contribution in [3.63, 3.8) is 0 Å². The van der Waals surface area contributed by atoms with Crippen molar-refractivity contribution in [3.05, 3.63) is 35.9 Å². The SMILES string of the molecule is O=C(CCCc1ccccc1)N[C@H]1CC[C@@H](C(=O)O)C1. The van der Waals surface area contributed by atoms with Crippen molar-refractivity contribution in [2.24, 2.45) is 5.92 Å². The van der Waals surface area contributed by atoms with Gasteiger partial charge in [0.2, 0.25) is 5.91 Å².